The molecule has 2 aromatic rings. The molecule has 0 bridgehead atoms. The molecule has 0 aliphatic heterocycles. The summed E-state index contributed by atoms with van der Waals surface area (Å²) >= 11 is 3.34. The Hall–Kier alpha value is -2.22. The number of anilines is 3. The molecule has 1 aromatic heterocycles. The zero-order valence-electron chi connectivity index (χ0n) is 10.6. The number of hydrogen-bond donors (Lipinski definition) is 2. The van der Waals surface area contributed by atoms with Gasteiger partial charge in [0.05, 0.1) is 4.92 Å². The second-order valence-corrected chi connectivity index (χ2v) is 4.77. The predicted molar refractivity (Wildman–Crippen MR) is 80.3 cm³/mol. The SMILES string of the molecule is CCNc1ncc([N+](=O)[O-])c(Nc2cccc(Br)c2)n1. The first-order valence-electron chi connectivity index (χ1n) is 5.88. The lowest BCUT2D eigenvalue weighted by atomic mass is 10.3. The van der Waals surface area contributed by atoms with E-state index in [0.717, 1.165) is 4.47 Å². The first-order valence-corrected chi connectivity index (χ1v) is 6.67. The van der Waals surface area contributed by atoms with Crippen molar-refractivity contribution in [3.05, 3.63) is 45.0 Å². The Bertz CT molecular complexity index is 635. The minimum Gasteiger partial charge on any atom is -0.354 e. The summed E-state index contributed by atoms with van der Waals surface area (Å²) in [6.07, 6.45) is 1.19. The Morgan fingerprint density at radius 2 is 2.25 bits per heavy atom. The molecule has 2 N–H and O–H groups in total. The van der Waals surface area contributed by atoms with E-state index in [1.165, 1.54) is 6.20 Å². The fourth-order valence-electron chi connectivity index (χ4n) is 1.55. The smallest absolute Gasteiger partial charge is 0.329 e. The molecular weight excluding hydrogens is 326 g/mol. The van der Waals surface area contributed by atoms with Gasteiger partial charge in [-0.2, -0.15) is 4.98 Å². The number of nitrogens with zero attached hydrogens (tertiary/aromatic N) is 3. The summed E-state index contributed by atoms with van der Waals surface area (Å²) in [5.74, 6) is 0.495. The van der Waals surface area contributed by atoms with Gasteiger partial charge >= 0.3 is 5.69 Å². The van der Waals surface area contributed by atoms with Crippen molar-refractivity contribution in [3.63, 3.8) is 0 Å². The van der Waals surface area contributed by atoms with Crippen LogP contribution in [0.5, 0.6) is 0 Å². The average molecular weight is 338 g/mol. The number of hydrogen-bond acceptors (Lipinski definition) is 6. The Morgan fingerprint density at radius 3 is 2.90 bits per heavy atom. The number of rotatable bonds is 5. The van der Waals surface area contributed by atoms with E-state index >= 15 is 0 Å². The highest BCUT2D eigenvalue weighted by molar-refractivity contribution is 9.10. The fraction of sp³-hybridized carbons (Fsp3) is 0.167. The molecule has 0 aliphatic rings. The molecule has 0 unspecified atom stereocenters. The van der Waals surface area contributed by atoms with Gasteiger partial charge in [-0.3, -0.25) is 10.1 Å². The van der Waals surface area contributed by atoms with E-state index in [9.17, 15) is 10.1 Å². The summed E-state index contributed by atoms with van der Waals surface area (Å²) < 4.78 is 0.867. The Balaban J connectivity index is 2.36. The minimum absolute atomic E-state index is 0.152. The monoisotopic (exact) mass is 337 g/mol. The third kappa shape index (κ3) is 3.41. The Morgan fingerprint density at radius 1 is 1.45 bits per heavy atom. The molecule has 1 aromatic carbocycles. The lowest BCUT2D eigenvalue weighted by Gasteiger charge is -2.08. The molecule has 2 rings (SSSR count). The van der Waals surface area contributed by atoms with Crippen LogP contribution in [0.15, 0.2) is 34.9 Å². The van der Waals surface area contributed by atoms with Crippen LogP contribution in [-0.4, -0.2) is 21.4 Å². The molecule has 0 radical (unpaired) electrons. The lowest BCUT2D eigenvalue weighted by molar-refractivity contribution is -0.384. The van der Waals surface area contributed by atoms with Gasteiger partial charge in [0.15, 0.2) is 0 Å². The van der Waals surface area contributed by atoms with Crippen LogP contribution in [0.25, 0.3) is 0 Å². The highest BCUT2D eigenvalue weighted by Gasteiger charge is 2.17. The maximum absolute atomic E-state index is 11.0. The van der Waals surface area contributed by atoms with Crippen LogP contribution >= 0.6 is 15.9 Å². The summed E-state index contributed by atoms with van der Waals surface area (Å²) in [4.78, 5) is 18.5. The van der Waals surface area contributed by atoms with Crippen LogP contribution in [0.2, 0.25) is 0 Å². The topological polar surface area (TPSA) is 93.0 Å². The van der Waals surface area contributed by atoms with Crippen molar-refractivity contribution in [1.82, 2.24) is 9.97 Å². The maximum Gasteiger partial charge on any atom is 0.329 e. The van der Waals surface area contributed by atoms with Gasteiger partial charge in [-0.05, 0) is 25.1 Å². The van der Waals surface area contributed by atoms with Crippen molar-refractivity contribution in [1.29, 1.82) is 0 Å². The molecule has 7 nitrogen and oxygen atoms in total. The van der Waals surface area contributed by atoms with Gasteiger partial charge in [0.25, 0.3) is 0 Å². The highest BCUT2D eigenvalue weighted by Crippen LogP contribution is 2.26. The quantitative estimate of drug-likeness (QED) is 0.642. The number of benzene rings is 1. The van der Waals surface area contributed by atoms with E-state index in [1.807, 2.05) is 19.1 Å². The third-order valence-corrected chi connectivity index (χ3v) is 2.88. The van der Waals surface area contributed by atoms with Crippen molar-refractivity contribution in [2.24, 2.45) is 0 Å². The van der Waals surface area contributed by atoms with Gasteiger partial charge in [0.2, 0.25) is 11.8 Å². The second kappa shape index (κ2) is 6.29. The van der Waals surface area contributed by atoms with Crippen LogP contribution in [-0.2, 0) is 0 Å². The molecule has 0 aliphatic carbocycles. The van der Waals surface area contributed by atoms with Crippen molar-refractivity contribution in [2.45, 2.75) is 6.92 Å². The highest BCUT2D eigenvalue weighted by atomic mass is 79.9. The van der Waals surface area contributed by atoms with Crippen LogP contribution < -0.4 is 10.6 Å². The first-order chi connectivity index (χ1) is 9.60. The zero-order valence-corrected chi connectivity index (χ0v) is 12.2. The van der Waals surface area contributed by atoms with Crippen LogP contribution in [0.3, 0.4) is 0 Å². The Labute approximate surface area is 123 Å². The fourth-order valence-corrected chi connectivity index (χ4v) is 1.95. The summed E-state index contributed by atoms with van der Waals surface area (Å²) in [6, 6.07) is 7.29. The van der Waals surface area contributed by atoms with Crippen LogP contribution in [0.1, 0.15) is 6.92 Å². The molecule has 0 amide bonds. The third-order valence-electron chi connectivity index (χ3n) is 2.39. The lowest BCUT2D eigenvalue weighted by Crippen LogP contribution is -2.06. The molecule has 104 valence electrons. The largest absolute Gasteiger partial charge is 0.354 e. The number of aromatic nitrogens is 2. The van der Waals surface area contributed by atoms with Crippen molar-refractivity contribution in [2.75, 3.05) is 17.2 Å². The second-order valence-electron chi connectivity index (χ2n) is 3.85. The summed E-state index contributed by atoms with van der Waals surface area (Å²) in [5.41, 5.74) is 0.523. The Kier molecular flexibility index (Phi) is 4.46. The number of nitrogens with one attached hydrogen (secondary N) is 2. The van der Waals surface area contributed by atoms with E-state index in [0.29, 0.717) is 18.2 Å². The van der Waals surface area contributed by atoms with E-state index in [2.05, 4.69) is 36.5 Å². The number of halogens is 1. The molecule has 1 heterocycles. The van der Waals surface area contributed by atoms with Crippen LogP contribution in [0.4, 0.5) is 23.1 Å². The van der Waals surface area contributed by atoms with Gasteiger partial charge in [0, 0.05) is 16.7 Å². The predicted octanol–water partition coefficient (Wildman–Crippen LogP) is 3.32. The molecular formula is C12H12BrN5O2. The zero-order chi connectivity index (χ0) is 14.5. The van der Waals surface area contributed by atoms with Crippen molar-refractivity contribution in [3.8, 4) is 0 Å². The molecule has 0 atom stereocenters. The van der Waals surface area contributed by atoms with Crippen molar-refractivity contribution >= 4 is 39.1 Å². The summed E-state index contributed by atoms with van der Waals surface area (Å²) in [6.45, 7) is 2.53. The minimum atomic E-state index is -0.518. The summed E-state index contributed by atoms with van der Waals surface area (Å²) in [7, 11) is 0. The molecule has 0 spiro atoms. The van der Waals surface area contributed by atoms with Crippen molar-refractivity contribution < 1.29 is 4.92 Å². The van der Waals surface area contributed by atoms with Gasteiger partial charge in [0.1, 0.15) is 6.20 Å². The molecule has 0 fully saturated rings. The molecule has 8 heteroatoms. The van der Waals surface area contributed by atoms with Gasteiger partial charge in [-0.1, -0.05) is 22.0 Å². The molecule has 20 heavy (non-hydrogen) atoms. The average Bonchev–Trinajstić information content (AvgIpc) is 2.39. The maximum atomic E-state index is 11.0. The van der Waals surface area contributed by atoms with Gasteiger partial charge in [-0.15, -0.1) is 0 Å². The standard InChI is InChI=1S/C12H12BrN5O2/c1-2-14-12-15-7-10(18(19)20)11(17-12)16-9-5-3-4-8(13)6-9/h3-7H,2H2,1H3,(H2,14,15,16,17). The summed E-state index contributed by atoms with van der Waals surface area (Å²) in [5, 5.41) is 16.9. The van der Waals surface area contributed by atoms with E-state index in [1.54, 1.807) is 12.1 Å². The van der Waals surface area contributed by atoms with Gasteiger partial charge in [-0.25, -0.2) is 4.98 Å². The van der Waals surface area contributed by atoms with E-state index in [-0.39, 0.29) is 11.5 Å². The van der Waals surface area contributed by atoms with E-state index < -0.39 is 4.92 Å². The first kappa shape index (κ1) is 14.2. The number of nitro groups is 1. The molecule has 0 saturated carbocycles. The van der Waals surface area contributed by atoms with Gasteiger partial charge < -0.3 is 10.6 Å². The normalized spacial score (nSPS) is 10.1. The van der Waals surface area contributed by atoms with Crippen LogP contribution in [0, 0.1) is 10.1 Å². The van der Waals surface area contributed by atoms with E-state index in [4.69, 9.17) is 0 Å². The molecule has 0 saturated heterocycles.